The van der Waals surface area contributed by atoms with E-state index >= 15 is 0 Å². The average molecular weight is 2040 g/mol. The molecule has 810 valence electrons. The molecule has 48 nitrogen and oxygen atoms in total. The van der Waals surface area contributed by atoms with Gasteiger partial charge < -0.3 is 134 Å². The Bertz CT molecular complexity index is 3920. The first-order valence-electron chi connectivity index (χ1n) is 50.7. The van der Waals surface area contributed by atoms with Gasteiger partial charge in [0.25, 0.3) is 0 Å². The van der Waals surface area contributed by atoms with Crippen LogP contribution in [0.3, 0.4) is 0 Å². The average Bonchev–Trinajstić information content (AvgIpc) is 0.826. The number of hydrogen-bond donors (Lipinski definition) is 20. The van der Waals surface area contributed by atoms with Crippen LogP contribution in [-0.4, -0.2) is 394 Å². The van der Waals surface area contributed by atoms with Crippen LogP contribution in [0.1, 0.15) is 172 Å². The number of nitrogens with zero attached hydrogens (tertiary/aromatic N) is 4. The molecular formula is C96H160N22O26. The number of rotatable bonds is 41. The molecule has 144 heavy (non-hydrogen) atoms. The van der Waals surface area contributed by atoms with Crippen molar-refractivity contribution in [1.82, 2.24) is 115 Å². The molecule has 8 bridgehead atoms. The van der Waals surface area contributed by atoms with Gasteiger partial charge >= 0.3 is 12.2 Å². The SMILES string of the molecule is CCCCOC1C2=CCC[C@@H]1C(=O)NCCN(C(O)CNC(=O)CNC(=O)CNC(=O)CNC(=O)CNC(=O)OC(C)(C)C)CCNC(=O)[C@@H]1CCC=C(C(=O)NCCN(CCN3CCNC(=O)C4=CCC[C@H](C(=O)NCCN([C@@H](O)CNC(=O)CNC(=O)CNC(=O)CNC(=O)CNC(=O)OC(C)(C)C)CCNC(=O)[C@@H]5CCC=C(C(=O)NCC3)C5OCCCC)C4OCCCC)CCNC2=O)C1OCCCC. The Labute approximate surface area is 843 Å². The molecule has 18 amide bonds. The maximum absolute atomic E-state index is 14.8. The largest absolute Gasteiger partial charge is 0.444 e. The zero-order chi connectivity index (χ0) is 106. The van der Waals surface area contributed by atoms with Gasteiger partial charge in [-0.2, -0.15) is 0 Å². The molecule has 10 atom stereocenters. The number of fused-ring (bicyclic) bond motifs is 8. The predicted molar refractivity (Wildman–Crippen MR) is 526 cm³/mol. The third-order valence-corrected chi connectivity index (χ3v) is 24.1. The van der Waals surface area contributed by atoms with Crippen molar-refractivity contribution in [3.63, 3.8) is 0 Å². The second-order valence-electron chi connectivity index (χ2n) is 37.8. The highest BCUT2D eigenvalue weighted by atomic mass is 16.6. The molecule has 4 aliphatic carbocycles. The Balaban J connectivity index is 1.18. The Kier molecular flexibility index (Phi) is 55.5. The fraction of sp³-hybridized carbons (Fsp3) is 0.729. The normalized spacial score (nSPS) is 22.0. The Hall–Kier alpha value is -11.4. The summed E-state index contributed by atoms with van der Waals surface area (Å²) in [7, 11) is 0. The van der Waals surface area contributed by atoms with E-state index in [1.165, 1.54) is 9.80 Å². The molecule has 2 fully saturated rings. The number of unbranched alkanes of at least 4 members (excludes halogenated alkanes) is 4. The molecule has 6 aliphatic rings. The van der Waals surface area contributed by atoms with Gasteiger partial charge in [-0.15, -0.1) is 0 Å². The fourth-order valence-electron chi connectivity index (χ4n) is 16.3. The van der Waals surface area contributed by atoms with Gasteiger partial charge in [-0.25, -0.2) is 9.59 Å². The molecule has 6 rings (SSSR count). The lowest BCUT2D eigenvalue weighted by atomic mass is 9.84. The number of allylic oxidation sites excluding steroid dienone is 4. The van der Waals surface area contributed by atoms with Gasteiger partial charge in [-0.05, 0) is 119 Å². The van der Waals surface area contributed by atoms with Crippen LogP contribution in [0.5, 0.6) is 0 Å². The van der Waals surface area contributed by atoms with Crippen molar-refractivity contribution in [1.29, 1.82) is 0 Å². The summed E-state index contributed by atoms with van der Waals surface area (Å²) >= 11 is 0. The maximum Gasteiger partial charge on any atom is 0.408 e. The van der Waals surface area contributed by atoms with E-state index in [1.807, 2.05) is 37.5 Å². The smallest absolute Gasteiger partial charge is 0.408 e. The van der Waals surface area contributed by atoms with Crippen molar-refractivity contribution < 1.29 is 125 Å². The van der Waals surface area contributed by atoms with Gasteiger partial charge in [-0.3, -0.25) is 96.3 Å². The second kappa shape index (κ2) is 65.9. The number of ether oxygens (including phenoxy) is 6. The van der Waals surface area contributed by atoms with Gasteiger partial charge in [0.05, 0.1) is 100 Å². The summed E-state index contributed by atoms with van der Waals surface area (Å²) in [4.78, 5) is 249. The van der Waals surface area contributed by atoms with E-state index < -0.39 is 244 Å². The molecule has 0 radical (unpaired) electrons. The molecule has 2 saturated heterocycles. The summed E-state index contributed by atoms with van der Waals surface area (Å²) in [6.45, 7) is 14.8. The van der Waals surface area contributed by atoms with Crippen LogP contribution >= 0.6 is 0 Å². The molecule has 0 saturated carbocycles. The molecular weight excluding hydrogens is 1880 g/mol. The maximum atomic E-state index is 14.8. The highest BCUT2D eigenvalue weighted by Crippen LogP contribution is 2.33. The van der Waals surface area contributed by atoms with E-state index in [0.717, 1.165) is 25.7 Å². The predicted octanol–water partition coefficient (Wildman–Crippen LogP) is -4.15. The Morgan fingerprint density at radius 1 is 0.319 bits per heavy atom. The van der Waals surface area contributed by atoms with Gasteiger partial charge in [0.15, 0.2) is 0 Å². The molecule has 48 heteroatoms. The second-order valence-corrected chi connectivity index (χ2v) is 37.8. The van der Waals surface area contributed by atoms with Crippen LogP contribution < -0.4 is 95.7 Å². The monoisotopic (exact) mass is 2040 g/mol. The number of alkyl carbamates (subject to hydrolysis) is 2. The third kappa shape index (κ3) is 46.3. The lowest BCUT2D eigenvalue weighted by molar-refractivity contribution is -0.133. The number of carbonyl (C=O) groups is 18. The van der Waals surface area contributed by atoms with E-state index in [9.17, 15) is 96.5 Å². The molecule has 0 aromatic heterocycles. The molecule has 20 N–H and O–H groups in total. The Morgan fingerprint density at radius 3 is 0.743 bits per heavy atom. The lowest BCUT2D eigenvalue weighted by Crippen LogP contribution is -2.52. The van der Waals surface area contributed by atoms with E-state index in [1.54, 1.807) is 65.8 Å². The van der Waals surface area contributed by atoms with Crippen molar-refractivity contribution in [2.45, 2.75) is 220 Å². The minimum Gasteiger partial charge on any atom is -0.444 e. The molecule has 2 heterocycles. The summed E-state index contributed by atoms with van der Waals surface area (Å²) in [5.74, 6) is -12.9. The van der Waals surface area contributed by atoms with E-state index in [-0.39, 0.29) is 167 Å². The standard InChI is InChI=1S/C96H160N22O26/c1-11-15-49-139-81-63-23-19-27-67(81)89(133)101-35-43-117(79(127)61-111-75(123)57-107-71(119)53-105-73(121)55-109-77(125)59-113-93(137)143-95(5,6)7)44-36-102-90(134)68-28-20-24-64(82(68)140-50-16-12-2)86(130)98-32-40-115(39-31-97-85(63)129)47-48-116-41-33-99-87(131)65-25-21-29-69(83(65)141-51-17-13-3)91(135)103-37-45-118(46-38-104-92(136)70-30-22-26-66(88(132)100-34-42-116)84(70)142-52-18-14-4)80(128)62-112-76(124)58-108-72(120)54-106-74(122)56-110-78(126)60-114-94(138)144-96(8,9)10/h23-26,67-70,79-84,127-128H,11-22,27-62H2,1-10H3,(H,97,129)(H,98,130)(H,99,131)(H,100,132)(H,101,133)(H,102,134)(H,103,135)(H,104,136)(H,105,121)(H,106,122)(H,107,119)(H,108,120)(H,109,125)(H,110,126)(H,111,123)(H,112,124)(H,113,137)(H,114,138)/t67-,68+,69-,70+,79-,80?,81?,82?,83?,84?/m0/s1. The lowest BCUT2D eigenvalue weighted by Gasteiger charge is -2.33. The molecule has 5 unspecified atom stereocenters. The first-order chi connectivity index (χ1) is 68.8. The van der Waals surface area contributed by atoms with Crippen molar-refractivity contribution >= 4 is 107 Å². The quantitative estimate of drug-likeness (QED) is 0.0258. The van der Waals surface area contributed by atoms with Crippen LogP contribution in [0.25, 0.3) is 0 Å². The van der Waals surface area contributed by atoms with Crippen LogP contribution in [0.2, 0.25) is 0 Å². The highest BCUT2D eigenvalue weighted by Gasteiger charge is 2.43. The van der Waals surface area contributed by atoms with Gasteiger partial charge in [-0.1, -0.05) is 77.7 Å². The Morgan fingerprint density at radius 2 is 0.528 bits per heavy atom. The molecule has 0 aromatic rings. The fourth-order valence-corrected chi connectivity index (χ4v) is 16.3. The molecule has 0 aromatic carbocycles. The van der Waals surface area contributed by atoms with Crippen molar-refractivity contribution in [2.75, 3.05) is 210 Å². The third-order valence-electron chi connectivity index (χ3n) is 24.1. The number of aliphatic hydroxyl groups excluding tert-OH is 2. The van der Waals surface area contributed by atoms with E-state index in [0.29, 0.717) is 77.0 Å². The number of amides is 18. The first-order valence-corrected chi connectivity index (χ1v) is 50.7. The van der Waals surface area contributed by atoms with Crippen molar-refractivity contribution in [3.8, 4) is 0 Å². The summed E-state index contributed by atoms with van der Waals surface area (Å²) in [5, 5.41) is 71.4. The van der Waals surface area contributed by atoms with Crippen LogP contribution in [0.4, 0.5) is 9.59 Å². The molecule has 0 spiro atoms. The summed E-state index contributed by atoms with van der Waals surface area (Å²) in [6.07, 6.45) is 6.60. The van der Waals surface area contributed by atoms with Crippen LogP contribution in [0, 0.1) is 23.7 Å². The van der Waals surface area contributed by atoms with Crippen molar-refractivity contribution in [3.05, 3.63) is 46.6 Å². The summed E-state index contributed by atoms with van der Waals surface area (Å²) < 4.78 is 36.0. The van der Waals surface area contributed by atoms with Crippen LogP contribution in [0.15, 0.2) is 46.6 Å². The van der Waals surface area contributed by atoms with Crippen LogP contribution in [-0.2, 0) is 105 Å². The number of nitrogens with one attached hydrogen (secondary N) is 18. The minimum absolute atomic E-state index is 0.0311. The first kappa shape index (κ1) is 121. The summed E-state index contributed by atoms with van der Waals surface area (Å²) in [5.41, 5.74) is -0.620. The van der Waals surface area contributed by atoms with Crippen molar-refractivity contribution in [2.24, 2.45) is 23.7 Å². The van der Waals surface area contributed by atoms with E-state index in [4.69, 9.17) is 28.4 Å². The topological polar surface area (TPSA) is 633 Å². The van der Waals surface area contributed by atoms with Gasteiger partial charge in [0, 0.05) is 167 Å². The summed E-state index contributed by atoms with van der Waals surface area (Å²) in [6, 6.07) is 0. The molecule has 2 aliphatic heterocycles. The van der Waals surface area contributed by atoms with E-state index in [2.05, 4.69) is 95.7 Å². The minimum atomic E-state index is -1.44. The highest BCUT2D eigenvalue weighted by molar-refractivity contribution is 5.99. The van der Waals surface area contributed by atoms with Gasteiger partial charge in [0.2, 0.25) is 94.5 Å². The zero-order valence-corrected chi connectivity index (χ0v) is 85.5. The van der Waals surface area contributed by atoms with Gasteiger partial charge in [0.1, 0.15) is 36.7 Å². The number of aliphatic hydroxyl groups is 2. The zero-order valence-electron chi connectivity index (χ0n) is 85.5. The number of hydrogen-bond acceptors (Lipinski definition) is 30. The number of carbonyl (C=O) groups excluding carboxylic acids is 18.